The van der Waals surface area contributed by atoms with Crippen LogP contribution in [0.25, 0.3) is 5.70 Å². The number of amides is 1. The quantitative estimate of drug-likeness (QED) is 0.735. The Morgan fingerprint density at radius 2 is 1.81 bits per heavy atom. The van der Waals surface area contributed by atoms with Crippen molar-refractivity contribution in [3.8, 4) is 0 Å². The minimum atomic E-state index is -4.41. The SMILES string of the molecule is CC1NC(c2ccccn2)=CC1C(=O)C(=O)N1CCN(c2cccc(C(F)(F)F)c2)CC1. The molecule has 1 saturated heterocycles. The molecule has 168 valence electrons. The highest BCUT2D eigenvalue weighted by molar-refractivity contribution is 6.37. The van der Waals surface area contributed by atoms with Gasteiger partial charge in [-0.15, -0.1) is 0 Å². The van der Waals surface area contributed by atoms with Crippen LogP contribution in [0.2, 0.25) is 0 Å². The van der Waals surface area contributed by atoms with Crippen molar-refractivity contribution in [1.29, 1.82) is 0 Å². The molecule has 2 aromatic rings. The Morgan fingerprint density at radius 3 is 2.47 bits per heavy atom. The first kappa shape index (κ1) is 21.9. The van der Waals surface area contributed by atoms with E-state index in [1.54, 1.807) is 29.3 Å². The Morgan fingerprint density at radius 1 is 1.06 bits per heavy atom. The van der Waals surface area contributed by atoms with Crippen LogP contribution in [0, 0.1) is 5.92 Å². The Balaban J connectivity index is 1.39. The van der Waals surface area contributed by atoms with Crippen molar-refractivity contribution in [3.63, 3.8) is 0 Å². The fraction of sp³-hybridized carbons (Fsp3) is 0.348. The molecule has 9 heteroatoms. The van der Waals surface area contributed by atoms with E-state index in [1.165, 1.54) is 11.0 Å². The molecule has 32 heavy (non-hydrogen) atoms. The van der Waals surface area contributed by atoms with E-state index < -0.39 is 29.3 Å². The van der Waals surface area contributed by atoms with E-state index in [-0.39, 0.29) is 19.1 Å². The minimum absolute atomic E-state index is 0.241. The van der Waals surface area contributed by atoms with E-state index in [1.807, 2.05) is 19.1 Å². The van der Waals surface area contributed by atoms with Crippen molar-refractivity contribution in [1.82, 2.24) is 15.2 Å². The number of rotatable bonds is 4. The molecule has 2 aliphatic rings. The third-order valence-electron chi connectivity index (χ3n) is 5.83. The molecule has 0 spiro atoms. The predicted molar refractivity (Wildman–Crippen MR) is 114 cm³/mol. The number of alkyl halides is 3. The Bertz CT molecular complexity index is 1030. The Hall–Kier alpha value is -3.36. The van der Waals surface area contributed by atoms with Gasteiger partial charge >= 0.3 is 6.18 Å². The summed E-state index contributed by atoms with van der Waals surface area (Å²) in [6.45, 7) is 3.09. The molecule has 0 bridgehead atoms. The van der Waals surface area contributed by atoms with Gasteiger partial charge in [0, 0.05) is 44.1 Å². The summed E-state index contributed by atoms with van der Waals surface area (Å²) < 4.78 is 39.0. The number of ketones is 1. The summed E-state index contributed by atoms with van der Waals surface area (Å²) in [4.78, 5) is 33.3. The van der Waals surface area contributed by atoms with Crippen LogP contribution < -0.4 is 10.2 Å². The highest BCUT2D eigenvalue weighted by atomic mass is 19.4. The number of hydrogen-bond donors (Lipinski definition) is 1. The van der Waals surface area contributed by atoms with Gasteiger partial charge in [0.1, 0.15) is 0 Å². The second-order valence-corrected chi connectivity index (χ2v) is 7.95. The Labute approximate surface area is 183 Å². The van der Waals surface area contributed by atoms with Crippen LogP contribution in [0.15, 0.2) is 54.7 Å². The van der Waals surface area contributed by atoms with Gasteiger partial charge in [-0.05, 0) is 43.3 Å². The smallest absolute Gasteiger partial charge is 0.380 e. The Kier molecular flexibility index (Phi) is 5.90. The fourth-order valence-corrected chi connectivity index (χ4v) is 4.04. The standard InChI is InChI=1S/C23H23F3N4O2/c1-15-18(14-20(28-15)19-7-2-3-8-27-19)21(31)22(32)30-11-9-29(10-12-30)17-6-4-5-16(13-17)23(24,25)26/h2-8,13-15,18,28H,9-12H2,1H3. The maximum absolute atomic E-state index is 13.0. The lowest BCUT2D eigenvalue weighted by Gasteiger charge is -2.36. The van der Waals surface area contributed by atoms with Gasteiger partial charge in [0.2, 0.25) is 5.78 Å². The molecule has 0 saturated carbocycles. The molecule has 2 atom stereocenters. The van der Waals surface area contributed by atoms with Crippen LogP contribution in [-0.4, -0.2) is 53.8 Å². The zero-order valence-corrected chi connectivity index (χ0v) is 17.5. The lowest BCUT2D eigenvalue weighted by Crippen LogP contribution is -2.52. The summed E-state index contributed by atoms with van der Waals surface area (Å²) in [5.74, 6) is -1.66. The van der Waals surface area contributed by atoms with Gasteiger partial charge in [-0.3, -0.25) is 14.6 Å². The van der Waals surface area contributed by atoms with Gasteiger partial charge in [0.15, 0.2) is 0 Å². The van der Waals surface area contributed by atoms with Crippen LogP contribution in [0.1, 0.15) is 18.2 Å². The maximum atomic E-state index is 13.0. The van der Waals surface area contributed by atoms with Crippen molar-refractivity contribution in [2.45, 2.75) is 19.1 Å². The van der Waals surface area contributed by atoms with Gasteiger partial charge in [0.25, 0.3) is 5.91 Å². The van der Waals surface area contributed by atoms with Crippen molar-refractivity contribution in [3.05, 3.63) is 66.0 Å². The molecule has 3 heterocycles. The molecule has 4 rings (SSSR count). The summed E-state index contributed by atoms with van der Waals surface area (Å²) in [7, 11) is 0. The molecule has 0 radical (unpaired) electrons. The number of halogens is 3. The number of aromatic nitrogens is 1. The van der Waals surface area contributed by atoms with Crippen molar-refractivity contribution >= 4 is 23.1 Å². The van der Waals surface area contributed by atoms with Gasteiger partial charge < -0.3 is 15.1 Å². The lowest BCUT2D eigenvalue weighted by molar-refractivity contribution is -0.146. The maximum Gasteiger partial charge on any atom is 0.416 e. The van der Waals surface area contributed by atoms with Crippen LogP contribution >= 0.6 is 0 Å². The number of Topliss-reactive ketones (excluding diaryl/α,β-unsaturated/α-hetero) is 1. The molecular formula is C23H23F3N4O2. The highest BCUT2D eigenvalue weighted by Gasteiger charge is 2.37. The van der Waals surface area contributed by atoms with E-state index in [2.05, 4.69) is 10.3 Å². The predicted octanol–water partition coefficient (Wildman–Crippen LogP) is 2.97. The number of anilines is 1. The third kappa shape index (κ3) is 4.46. The summed E-state index contributed by atoms with van der Waals surface area (Å²) in [6, 6.07) is 10.4. The number of hydrogen-bond acceptors (Lipinski definition) is 5. The van der Waals surface area contributed by atoms with Crippen molar-refractivity contribution in [2.75, 3.05) is 31.1 Å². The molecule has 0 aliphatic carbocycles. The summed E-state index contributed by atoms with van der Waals surface area (Å²) in [5.41, 5.74) is 1.17. The molecule has 2 aliphatic heterocycles. The first-order chi connectivity index (χ1) is 15.2. The van der Waals surface area contributed by atoms with Gasteiger partial charge in [-0.2, -0.15) is 13.2 Å². The summed E-state index contributed by atoms with van der Waals surface area (Å²) in [5, 5.41) is 3.21. The van der Waals surface area contributed by atoms with E-state index in [0.29, 0.717) is 24.5 Å². The van der Waals surface area contributed by atoms with E-state index in [9.17, 15) is 22.8 Å². The number of nitrogens with zero attached hydrogens (tertiary/aromatic N) is 3. The van der Waals surface area contributed by atoms with E-state index in [4.69, 9.17) is 0 Å². The third-order valence-corrected chi connectivity index (χ3v) is 5.83. The second-order valence-electron chi connectivity index (χ2n) is 7.95. The summed E-state index contributed by atoms with van der Waals surface area (Å²) >= 11 is 0. The molecule has 1 amide bonds. The number of nitrogens with one attached hydrogen (secondary N) is 1. The largest absolute Gasteiger partial charge is 0.416 e. The van der Waals surface area contributed by atoms with Crippen LogP contribution in [-0.2, 0) is 15.8 Å². The molecule has 1 N–H and O–H groups in total. The average molecular weight is 444 g/mol. The number of piperazine rings is 1. The van der Waals surface area contributed by atoms with Crippen molar-refractivity contribution in [2.24, 2.45) is 5.92 Å². The molecule has 1 aromatic carbocycles. The van der Waals surface area contributed by atoms with E-state index >= 15 is 0 Å². The summed E-state index contributed by atoms with van der Waals surface area (Å²) in [6.07, 6.45) is -1.01. The topological polar surface area (TPSA) is 65.5 Å². The van der Waals surface area contributed by atoms with Gasteiger partial charge in [-0.1, -0.05) is 12.1 Å². The normalized spacial score (nSPS) is 21.2. The first-order valence-electron chi connectivity index (χ1n) is 10.4. The zero-order chi connectivity index (χ0) is 22.9. The minimum Gasteiger partial charge on any atom is -0.380 e. The lowest BCUT2D eigenvalue weighted by atomic mass is 9.97. The van der Waals surface area contributed by atoms with Gasteiger partial charge in [-0.25, -0.2) is 0 Å². The van der Waals surface area contributed by atoms with Crippen LogP contribution in [0.4, 0.5) is 18.9 Å². The van der Waals surface area contributed by atoms with Crippen LogP contribution in [0.3, 0.4) is 0 Å². The monoisotopic (exact) mass is 444 g/mol. The van der Waals surface area contributed by atoms with Crippen molar-refractivity contribution < 1.29 is 22.8 Å². The number of benzene rings is 1. The average Bonchev–Trinajstić information content (AvgIpc) is 3.20. The van der Waals surface area contributed by atoms with E-state index in [0.717, 1.165) is 17.8 Å². The molecule has 1 fully saturated rings. The second kappa shape index (κ2) is 8.64. The van der Waals surface area contributed by atoms with Gasteiger partial charge in [0.05, 0.1) is 22.9 Å². The number of pyridine rings is 1. The molecule has 6 nitrogen and oxygen atoms in total. The number of carbonyl (C=O) groups is 2. The first-order valence-corrected chi connectivity index (χ1v) is 10.4. The molecular weight excluding hydrogens is 421 g/mol. The number of carbonyl (C=O) groups excluding carboxylic acids is 2. The zero-order valence-electron chi connectivity index (χ0n) is 17.5. The molecule has 1 aromatic heterocycles. The molecule has 2 unspecified atom stereocenters. The van der Waals surface area contributed by atoms with Crippen LogP contribution in [0.5, 0.6) is 0 Å². The fourth-order valence-electron chi connectivity index (χ4n) is 4.04. The highest BCUT2D eigenvalue weighted by Crippen LogP contribution is 2.32.